The van der Waals surface area contributed by atoms with Crippen molar-refractivity contribution < 1.29 is 4.74 Å². The van der Waals surface area contributed by atoms with Gasteiger partial charge in [0.15, 0.2) is 0 Å². The van der Waals surface area contributed by atoms with E-state index in [2.05, 4.69) is 0 Å². The molecule has 0 aliphatic heterocycles. The van der Waals surface area contributed by atoms with Crippen molar-refractivity contribution in [3.05, 3.63) is 61.5 Å². The fourth-order valence-corrected chi connectivity index (χ4v) is 3.60. The van der Waals surface area contributed by atoms with Crippen LogP contribution in [0.25, 0.3) is 0 Å². The molecule has 2 aromatic carbocycles. The minimum absolute atomic E-state index is 0.435. The van der Waals surface area contributed by atoms with Crippen LogP contribution in [-0.4, -0.2) is 6.61 Å². The van der Waals surface area contributed by atoms with Crippen molar-refractivity contribution in [3.8, 4) is 5.75 Å². The summed E-state index contributed by atoms with van der Waals surface area (Å²) in [7, 11) is 0. The van der Waals surface area contributed by atoms with Crippen LogP contribution in [0.15, 0.2) is 30.3 Å². The van der Waals surface area contributed by atoms with Crippen molar-refractivity contribution in [2.24, 2.45) is 0 Å². The van der Waals surface area contributed by atoms with E-state index in [1.807, 2.05) is 6.92 Å². The van der Waals surface area contributed by atoms with Gasteiger partial charge in [-0.05, 0) is 30.7 Å². The third-order valence-corrected chi connectivity index (χ3v) is 4.61. The Hall–Kier alpha value is -0.310. The molecule has 6 heteroatoms. The van der Waals surface area contributed by atoms with Crippen LogP contribution in [0.2, 0.25) is 20.1 Å². The second-order valence-corrected chi connectivity index (χ2v) is 6.30. The third-order valence-electron chi connectivity index (χ3n) is 2.88. The molecule has 0 aliphatic rings. The smallest absolute Gasteiger partial charge is 0.139 e. The summed E-state index contributed by atoms with van der Waals surface area (Å²) < 4.78 is 5.39. The van der Waals surface area contributed by atoms with E-state index in [9.17, 15) is 0 Å². The highest BCUT2D eigenvalue weighted by molar-refractivity contribution is 6.39. The Labute approximate surface area is 148 Å². The molecule has 1 nitrogen and oxygen atoms in total. The van der Waals surface area contributed by atoms with Gasteiger partial charge in [-0.1, -0.05) is 52.5 Å². The summed E-state index contributed by atoms with van der Waals surface area (Å²) in [4.78, 5) is 0. The molecule has 0 aliphatic carbocycles. The monoisotopic (exact) mass is 382 g/mol. The lowest BCUT2D eigenvalue weighted by Gasteiger charge is -2.17. The van der Waals surface area contributed by atoms with Gasteiger partial charge in [-0.3, -0.25) is 0 Å². The van der Waals surface area contributed by atoms with E-state index < -0.39 is 5.38 Å². The number of halogens is 5. The minimum Gasteiger partial charge on any atom is -0.492 e. The largest absolute Gasteiger partial charge is 0.492 e. The lowest BCUT2D eigenvalue weighted by Crippen LogP contribution is -1.99. The third kappa shape index (κ3) is 3.72. The van der Waals surface area contributed by atoms with Gasteiger partial charge in [0.1, 0.15) is 5.75 Å². The summed E-state index contributed by atoms with van der Waals surface area (Å²) in [6.45, 7) is 2.36. The molecule has 0 spiro atoms. The lowest BCUT2D eigenvalue weighted by atomic mass is 10.0. The van der Waals surface area contributed by atoms with Gasteiger partial charge in [0, 0.05) is 26.7 Å². The highest BCUT2D eigenvalue weighted by atomic mass is 35.5. The average Bonchev–Trinajstić information content (AvgIpc) is 2.42. The molecule has 0 aromatic heterocycles. The second-order valence-electron chi connectivity index (χ2n) is 4.24. The van der Waals surface area contributed by atoms with Crippen LogP contribution in [0.5, 0.6) is 5.75 Å². The second kappa shape index (κ2) is 7.30. The van der Waals surface area contributed by atoms with E-state index in [1.54, 1.807) is 30.3 Å². The van der Waals surface area contributed by atoms with E-state index in [-0.39, 0.29) is 0 Å². The number of alkyl halides is 1. The Morgan fingerprint density at radius 3 is 2.14 bits per heavy atom. The maximum Gasteiger partial charge on any atom is 0.139 e. The summed E-state index contributed by atoms with van der Waals surface area (Å²) in [6.07, 6.45) is 0. The lowest BCUT2D eigenvalue weighted by molar-refractivity contribution is 0.340. The van der Waals surface area contributed by atoms with Gasteiger partial charge in [0.2, 0.25) is 0 Å². The zero-order chi connectivity index (χ0) is 15.6. The van der Waals surface area contributed by atoms with E-state index >= 15 is 0 Å². The molecule has 1 unspecified atom stereocenters. The molecule has 0 amide bonds. The minimum atomic E-state index is -0.605. The maximum atomic E-state index is 6.50. The summed E-state index contributed by atoms with van der Waals surface area (Å²) in [5.74, 6) is 0.516. The van der Waals surface area contributed by atoms with Crippen LogP contribution in [0.1, 0.15) is 23.4 Å². The molecular formula is C15H11Cl5O. The number of rotatable bonds is 4. The Morgan fingerprint density at radius 1 is 0.952 bits per heavy atom. The van der Waals surface area contributed by atoms with Crippen LogP contribution in [0.4, 0.5) is 0 Å². The van der Waals surface area contributed by atoms with Gasteiger partial charge in [0.05, 0.1) is 17.0 Å². The molecule has 1 atom stereocenters. The maximum absolute atomic E-state index is 6.50. The Morgan fingerprint density at radius 2 is 1.57 bits per heavy atom. The number of benzene rings is 2. The number of ether oxygens (including phenoxy) is 1. The number of hydrogen-bond acceptors (Lipinski definition) is 1. The standard InChI is InChI=1S/C15H11Cl5O/c1-2-21-13-7-11(18)8(6-12(13)19)15(20)14-9(16)4-3-5-10(14)17/h3-7,15H,2H2,1H3. The summed E-state index contributed by atoms with van der Waals surface area (Å²) in [5.41, 5.74) is 1.23. The molecule has 21 heavy (non-hydrogen) atoms. The predicted octanol–water partition coefficient (Wildman–Crippen LogP) is 7.03. The van der Waals surface area contributed by atoms with Gasteiger partial charge in [-0.2, -0.15) is 0 Å². The topological polar surface area (TPSA) is 9.23 Å². The molecular weight excluding hydrogens is 373 g/mol. The quantitative estimate of drug-likeness (QED) is 0.514. The molecule has 2 rings (SSSR count). The molecule has 112 valence electrons. The fraction of sp³-hybridized carbons (Fsp3) is 0.200. The Bertz CT molecular complexity index is 637. The van der Waals surface area contributed by atoms with Crippen molar-refractivity contribution >= 4 is 58.0 Å². The summed E-state index contributed by atoms with van der Waals surface area (Å²) in [5, 5.41) is 1.22. The van der Waals surface area contributed by atoms with Crippen molar-refractivity contribution in [2.75, 3.05) is 6.61 Å². The first-order chi connectivity index (χ1) is 9.95. The van der Waals surface area contributed by atoms with Gasteiger partial charge in [-0.15, -0.1) is 11.6 Å². The summed E-state index contributed by atoms with van der Waals surface area (Å²) in [6, 6.07) is 8.52. The molecule has 0 heterocycles. The molecule has 0 saturated heterocycles. The highest BCUT2D eigenvalue weighted by Gasteiger charge is 2.21. The van der Waals surface area contributed by atoms with Crippen molar-refractivity contribution in [2.45, 2.75) is 12.3 Å². The fourth-order valence-electron chi connectivity index (χ4n) is 1.91. The Kier molecular flexibility index (Phi) is 5.93. The average molecular weight is 385 g/mol. The van der Waals surface area contributed by atoms with Gasteiger partial charge >= 0.3 is 0 Å². The van der Waals surface area contributed by atoms with Crippen LogP contribution in [-0.2, 0) is 0 Å². The van der Waals surface area contributed by atoms with Crippen LogP contribution in [0, 0.1) is 0 Å². The van der Waals surface area contributed by atoms with Gasteiger partial charge in [-0.25, -0.2) is 0 Å². The zero-order valence-corrected chi connectivity index (χ0v) is 14.7. The van der Waals surface area contributed by atoms with E-state index in [0.29, 0.717) is 43.6 Å². The molecule has 0 saturated carbocycles. The first kappa shape index (κ1) is 17.1. The molecule has 2 aromatic rings. The van der Waals surface area contributed by atoms with Crippen molar-refractivity contribution in [1.82, 2.24) is 0 Å². The van der Waals surface area contributed by atoms with Crippen LogP contribution in [0.3, 0.4) is 0 Å². The SMILES string of the molecule is CCOc1cc(Cl)c(C(Cl)c2c(Cl)cccc2Cl)cc1Cl. The van der Waals surface area contributed by atoms with Crippen molar-refractivity contribution in [1.29, 1.82) is 0 Å². The van der Waals surface area contributed by atoms with Gasteiger partial charge < -0.3 is 4.74 Å². The molecule has 0 radical (unpaired) electrons. The normalized spacial score (nSPS) is 12.3. The number of hydrogen-bond donors (Lipinski definition) is 0. The van der Waals surface area contributed by atoms with Gasteiger partial charge in [0.25, 0.3) is 0 Å². The first-order valence-corrected chi connectivity index (χ1v) is 8.10. The molecule has 0 fully saturated rings. The van der Waals surface area contributed by atoms with E-state index in [4.69, 9.17) is 62.7 Å². The Balaban J connectivity index is 2.49. The molecule has 0 N–H and O–H groups in total. The summed E-state index contributed by atoms with van der Waals surface area (Å²) >= 11 is 31.3. The predicted molar refractivity (Wildman–Crippen MR) is 91.8 cm³/mol. The highest BCUT2D eigenvalue weighted by Crippen LogP contribution is 2.43. The van der Waals surface area contributed by atoms with Crippen molar-refractivity contribution in [3.63, 3.8) is 0 Å². The first-order valence-electron chi connectivity index (χ1n) is 6.15. The zero-order valence-electron chi connectivity index (χ0n) is 11.0. The van der Waals surface area contributed by atoms with Crippen LogP contribution >= 0.6 is 58.0 Å². The molecule has 0 bridgehead atoms. The van der Waals surface area contributed by atoms with E-state index in [1.165, 1.54) is 0 Å². The van der Waals surface area contributed by atoms with E-state index in [0.717, 1.165) is 0 Å². The van der Waals surface area contributed by atoms with Crippen LogP contribution < -0.4 is 4.74 Å².